The molecule has 0 saturated carbocycles. The molecule has 1 aliphatic heterocycles. The molecule has 1 aliphatic rings. The molecule has 148 valence electrons. The number of nitrogens with one attached hydrogen (secondary N) is 1. The molecule has 1 N–H and O–H groups in total. The lowest BCUT2D eigenvalue weighted by Crippen LogP contribution is -2.37. The van der Waals surface area contributed by atoms with E-state index in [9.17, 15) is 4.79 Å². The van der Waals surface area contributed by atoms with Crippen molar-refractivity contribution < 1.29 is 9.53 Å². The number of carbonyl (C=O) groups is 1. The molecule has 0 bridgehead atoms. The first-order valence-electron chi connectivity index (χ1n) is 9.46. The molecule has 7 heteroatoms. The number of carbonyl (C=O) groups excluding carboxylic acids is 1. The van der Waals surface area contributed by atoms with Crippen LogP contribution in [0.3, 0.4) is 0 Å². The smallest absolute Gasteiger partial charge is 0.407 e. The summed E-state index contributed by atoms with van der Waals surface area (Å²) < 4.78 is 8.78. The summed E-state index contributed by atoms with van der Waals surface area (Å²) in [6.07, 6.45) is 1.82. The average Bonchev–Trinajstić information content (AvgIpc) is 2.97. The summed E-state index contributed by atoms with van der Waals surface area (Å²) in [5, 5.41) is 2.82. The number of halogens is 1. The zero-order chi connectivity index (χ0) is 19.9. The summed E-state index contributed by atoms with van der Waals surface area (Å²) >= 11 is 3.74. The minimum Gasteiger partial charge on any atom is -0.444 e. The van der Waals surface area contributed by atoms with E-state index in [1.165, 1.54) is 22.2 Å². The van der Waals surface area contributed by atoms with Crippen molar-refractivity contribution in [1.82, 2.24) is 14.9 Å². The average molecular weight is 437 g/mol. The van der Waals surface area contributed by atoms with Gasteiger partial charge in [-0.05, 0) is 64.2 Å². The van der Waals surface area contributed by atoms with E-state index in [0.717, 1.165) is 35.3 Å². The number of aromatic nitrogens is 2. The van der Waals surface area contributed by atoms with Crippen molar-refractivity contribution in [2.75, 3.05) is 25.0 Å². The molecule has 1 amide bonds. The maximum absolute atomic E-state index is 11.8. The molecular formula is C20H29BrN4O2. The predicted molar refractivity (Wildman–Crippen MR) is 113 cm³/mol. The first-order chi connectivity index (χ1) is 12.6. The molecule has 0 spiro atoms. The lowest BCUT2D eigenvalue weighted by Gasteiger charge is -2.24. The Labute approximate surface area is 169 Å². The number of ether oxygens (including phenoxy) is 1. The van der Waals surface area contributed by atoms with Gasteiger partial charge in [-0.25, -0.2) is 9.78 Å². The molecule has 0 aliphatic carbocycles. The predicted octanol–water partition coefficient (Wildman–Crippen LogP) is 4.32. The number of alkyl carbamates (subject to hydrolysis) is 1. The number of aryl methyl sites for hydroxylation is 3. The van der Waals surface area contributed by atoms with Gasteiger partial charge >= 0.3 is 6.09 Å². The highest BCUT2D eigenvalue weighted by Crippen LogP contribution is 2.38. The molecule has 0 saturated heterocycles. The van der Waals surface area contributed by atoms with E-state index in [4.69, 9.17) is 9.72 Å². The molecule has 0 unspecified atom stereocenters. The zero-order valence-electron chi connectivity index (χ0n) is 17.1. The number of rotatable bonds is 4. The van der Waals surface area contributed by atoms with E-state index in [-0.39, 0.29) is 6.09 Å². The van der Waals surface area contributed by atoms with Crippen LogP contribution in [0, 0.1) is 13.8 Å². The Morgan fingerprint density at radius 1 is 1.33 bits per heavy atom. The lowest BCUT2D eigenvalue weighted by molar-refractivity contribution is 0.0529. The third-order valence-corrected chi connectivity index (χ3v) is 6.15. The van der Waals surface area contributed by atoms with E-state index in [1.54, 1.807) is 0 Å². The fourth-order valence-electron chi connectivity index (χ4n) is 3.67. The number of imidazole rings is 1. The molecule has 6 nitrogen and oxygen atoms in total. The van der Waals surface area contributed by atoms with Crippen molar-refractivity contribution in [3.05, 3.63) is 21.2 Å². The number of hydrogen-bond donors (Lipinski definition) is 1. The summed E-state index contributed by atoms with van der Waals surface area (Å²) in [5.41, 5.74) is 5.76. The van der Waals surface area contributed by atoms with Gasteiger partial charge in [-0.2, -0.15) is 0 Å². The Balaban J connectivity index is 1.80. The van der Waals surface area contributed by atoms with Crippen LogP contribution in [0.1, 0.15) is 43.9 Å². The first kappa shape index (κ1) is 20.0. The number of benzene rings is 1. The SMILES string of the molecule is Cc1c(Br)c(C)c2nc(N(C)CCNC(=O)OC(C)(C)C)n3c2c1CCC3. The monoisotopic (exact) mass is 436 g/mol. The Kier molecular flexibility index (Phi) is 5.43. The highest BCUT2D eigenvalue weighted by molar-refractivity contribution is 9.10. The summed E-state index contributed by atoms with van der Waals surface area (Å²) in [4.78, 5) is 18.9. The van der Waals surface area contributed by atoms with Crippen LogP contribution in [0.2, 0.25) is 0 Å². The van der Waals surface area contributed by atoms with Crippen molar-refractivity contribution in [2.24, 2.45) is 0 Å². The fourth-order valence-corrected chi connectivity index (χ4v) is 4.09. The van der Waals surface area contributed by atoms with Crippen molar-refractivity contribution in [3.8, 4) is 0 Å². The third-order valence-electron chi connectivity index (χ3n) is 4.96. The number of amides is 1. The van der Waals surface area contributed by atoms with Gasteiger partial charge in [-0.1, -0.05) is 15.9 Å². The van der Waals surface area contributed by atoms with E-state index >= 15 is 0 Å². The van der Waals surface area contributed by atoms with Gasteiger partial charge in [0.2, 0.25) is 5.95 Å². The highest BCUT2D eigenvalue weighted by atomic mass is 79.9. The van der Waals surface area contributed by atoms with E-state index in [0.29, 0.717) is 13.1 Å². The van der Waals surface area contributed by atoms with Crippen molar-refractivity contribution >= 4 is 39.0 Å². The standard InChI is InChI=1S/C20H29BrN4O2/c1-12-14-8-7-10-25-17(14)16(13(2)15(12)21)23-18(25)24(6)11-9-22-19(26)27-20(3,4)5/h7-11H2,1-6H3,(H,22,26). The van der Waals surface area contributed by atoms with Gasteiger partial charge in [-0.3, -0.25) is 0 Å². The molecule has 3 rings (SSSR count). The van der Waals surface area contributed by atoms with Crippen LogP contribution in [-0.2, 0) is 17.7 Å². The van der Waals surface area contributed by atoms with Gasteiger partial charge < -0.3 is 19.5 Å². The van der Waals surface area contributed by atoms with Crippen molar-refractivity contribution in [2.45, 2.75) is 59.6 Å². The van der Waals surface area contributed by atoms with Gasteiger partial charge in [0.15, 0.2) is 0 Å². The Hall–Kier alpha value is -1.76. The van der Waals surface area contributed by atoms with Crippen molar-refractivity contribution in [1.29, 1.82) is 0 Å². The quantitative estimate of drug-likeness (QED) is 0.774. The second-order valence-electron chi connectivity index (χ2n) is 8.26. The van der Waals surface area contributed by atoms with Crippen LogP contribution < -0.4 is 10.2 Å². The summed E-state index contributed by atoms with van der Waals surface area (Å²) in [7, 11) is 2.02. The van der Waals surface area contributed by atoms with Crippen LogP contribution in [0.15, 0.2) is 4.47 Å². The van der Waals surface area contributed by atoms with Gasteiger partial charge in [0.1, 0.15) is 5.60 Å². The largest absolute Gasteiger partial charge is 0.444 e. The molecule has 0 atom stereocenters. The van der Waals surface area contributed by atoms with E-state index in [2.05, 4.69) is 44.6 Å². The second kappa shape index (κ2) is 7.34. The van der Waals surface area contributed by atoms with Crippen LogP contribution in [0.25, 0.3) is 11.0 Å². The number of anilines is 1. The van der Waals surface area contributed by atoms with Gasteiger partial charge in [0.05, 0.1) is 11.0 Å². The van der Waals surface area contributed by atoms with Crippen LogP contribution in [0.5, 0.6) is 0 Å². The third kappa shape index (κ3) is 3.93. The minimum atomic E-state index is -0.486. The number of hydrogen-bond acceptors (Lipinski definition) is 4. The van der Waals surface area contributed by atoms with Crippen LogP contribution in [0.4, 0.5) is 10.7 Å². The molecule has 1 aromatic heterocycles. The zero-order valence-corrected chi connectivity index (χ0v) is 18.7. The summed E-state index contributed by atoms with van der Waals surface area (Å²) in [6.45, 7) is 12.0. The van der Waals surface area contributed by atoms with Crippen LogP contribution in [-0.4, -0.2) is 41.4 Å². The highest BCUT2D eigenvalue weighted by Gasteiger charge is 2.25. The molecule has 1 aromatic carbocycles. The first-order valence-corrected chi connectivity index (χ1v) is 10.2. The molecule has 0 radical (unpaired) electrons. The molecule has 2 heterocycles. The van der Waals surface area contributed by atoms with Crippen molar-refractivity contribution in [3.63, 3.8) is 0 Å². The molecule has 0 fully saturated rings. The number of nitrogens with zero attached hydrogens (tertiary/aromatic N) is 3. The topological polar surface area (TPSA) is 59.4 Å². The van der Waals surface area contributed by atoms with Gasteiger partial charge in [0, 0.05) is 31.2 Å². The Morgan fingerprint density at radius 3 is 2.70 bits per heavy atom. The Bertz CT molecular complexity index is 883. The summed E-state index contributed by atoms with van der Waals surface area (Å²) in [6, 6.07) is 0. The maximum atomic E-state index is 11.8. The summed E-state index contributed by atoms with van der Waals surface area (Å²) in [5.74, 6) is 0.956. The van der Waals surface area contributed by atoms with Gasteiger partial charge in [0.25, 0.3) is 0 Å². The Morgan fingerprint density at radius 2 is 2.04 bits per heavy atom. The minimum absolute atomic E-state index is 0.386. The maximum Gasteiger partial charge on any atom is 0.407 e. The molecule has 2 aromatic rings. The number of likely N-dealkylation sites (N-methyl/N-ethyl adjacent to an activating group) is 1. The molecule has 27 heavy (non-hydrogen) atoms. The lowest BCUT2D eigenvalue weighted by atomic mass is 9.97. The fraction of sp³-hybridized carbons (Fsp3) is 0.600. The second-order valence-corrected chi connectivity index (χ2v) is 9.05. The normalized spacial score (nSPS) is 13.7. The molecular weight excluding hydrogens is 408 g/mol. The van der Waals surface area contributed by atoms with E-state index < -0.39 is 5.60 Å². The van der Waals surface area contributed by atoms with E-state index in [1.807, 2.05) is 27.8 Å². The van der Waals surface area contributed by atoms with Gasteiger partial charge in [-0.15, -0.1) is 0 Å². The van der Waals surface area contributed by atoms with Crippen LogP contribution >= 0.6 is 15.9 Å².